The Morgan fingerprint density at radius 2 is 2.09 bits per heavy atom. The number of hydrogen-bond donors (Lipinski definition) is 1. The van der Waals surface area contributed by atoms with E-state index >= 15 is 0 Å². The maximum Gasteiger partial charge on any atom is 0.249 e. The van der Waals surface area contributed by atoms with Crippen molar-refractivity contribution in [3.8, 4) is 0 Å². The Bertz CT molecular complexity index is 803. The fraction of sp³-hybridized carbons (Fsp3) is 0.308. The van der Waals surface area contributed by atoms with E-state index in [1.54, 1.807) is 0 Å². The van der Waals surface area contributed by atoms with Crippen molar-refractivity contribution in [2.45, 2.75) is 29.6 Å². The summed E-state index contributed by atoms with van der Waals surface area (Å²) in [4.78, 5) is 5.91. The number of primary sulfonamides is 1. The summed E-state index contributed by atoms with van der Waals surface area (Å²) in [5.41, 5.74) is 0.334. The molecule has 5 nitrogen and oxygen atoms in total. The molecule has 0 radical (unpaired) electrons. The highest BCUT2D eigenvalue weighted by Crippen LogP contribution is 2.36. The number of nitrogens with zero attached hydrogens (tertiary/aromatic N) is 2. The van der Waals surface area contributed by atoms with Gasteiger partial charge in [-0.05, 0) is 18.9 Å². The number of hydrogen-bond acceptors (Lipinski definition) is 5. The molecule has 1 aliphatic carbocycles. The summed E-state index contributed by atoms with van der Waals surface area (Å²) in [6, 6.07) is 3.59. The van der Waals surface area contributed by atoms with E-state index in [0.717, 1.165) is 30.2 Å². The average Bonchev–Trinajstić information content (AvgIpc) is 3.12. The van der Waals surface area contributed by atoms with Crippen LogP contribution in [0.2, 0.25) is 0 Å². The topological polar surface area (TPSA) is 76.3 Å². The van der Waals surface area contributed by atoms with Crippen molar-refractivity contribution in [3.63, 3.8) is 0 Å². The predicted octanol–water partition coefficient (Wildman–Crippen LogP) is 2.24. The molecule has 22 heavy (non-hydrogen) atoms. The Hall–Kier alpha value is -1.58. The summed E-state index contributed by atoms with van der Waals surface area (Å²) in [7, 11) is -3.80. The molecule has 1 saturated carbocycles. The van der Waals surface area contributed by atoms with E-state index in [1.807, 2.05) is 4.90 Å². The summed E-state index contributed by atoms with van der Waals surface area (Å²) in [6.07, 6.45) is 3.05. The second-order valence-corrected chi connectivity index (χ2v) is 7.90. The van der Waals surface area contributed by atoms with E-state index in [4.69, 9.17) is 5.14 Å². The summed E-state index contributed by atoms with van der Waals surface area (Å²) >= 11 is 0.950. The summed E-state index contributed by atoms with van der Waals surface area (Å²) in [5.74, 6) is -1.26. The molecule has 1 heterocycles. The van der Waals surface area contributed by atoms with Crippen LogP contribution in [0.5, 0.6) is 0 Å². The van der Waals surface area contributed by atoms with Gasteiger partial charge in [-0.25, -0.2) is 27.3 Å². The van der Waals surface area contributed by atoms with Crippen LogP contribution in [-0.2, 0) is 16.6 Å². The minimum atomic E-state index is -3.80. The van der Waals surface area contributed by atoms with Gasteiger partial charge in [0.15, 0.2) is 9.34 Å². The second-order valence-electron chi connectivity index (χ2n) is 5.10. The molecule has 0 bridgehead atoms. The Labute approximate surface area is 130 Å². The lowest BCUT2D eigenvalue weighted by Crippen LogP contribution is -2.25. The molecule has 0 amide bonds. The van der Waals surface area contributed by atoms with E-state index in [1.165, 1.54) is 18.3 Å². The number of anilines is 1. The van der Waals surface area contributed by atoms with E-state index in [-0.39, 0.29) is 16.8 Å². The molecular formula is C13H13F2N3O2S2. The number of nitrogens with two attached hydrogens (primary N) is 1. The van der Waals surface area contributed by atoms with Crippen molar-refractivity contribution in [1.29, 1.82) is 0 Å². The van der Waals surface area contributed by atoms with Crippen molar-refractivity contribution in [3.05, 3.63) is 41.6 Å². The molecule has 1 fully saturated rings. The largest absolute Gasteiger partial charge is 0.341 e. The third-order valence-electron chi connectivity index (χ3n) is 3.34. The third-order valence-corrected chi connectivity index (χ3v) is 5.78. The maximum absolute atomic E-state index is 13.8. The molecule has 2 N–H and O–H groups in total. The molecule has 0 unspecified atom stereocenters. The van der Waals surface area contributed by atoms with Crippen LogP contribution < -0.4 is 10.0 Å². The van der Waals surface area contributed by atoms with Crippen molar-refractivity contribution >= 4 is 26.5 Å². The van der Waals surface area contributed by atoms with Crippen LogP contribution in [0.1, 0.15) is 18.4 Å². The highest BCUT2D eigenvalue weighted by atomic mass is 32.2. The summed E-state index contributed by atoms with van der Waals surface area (Å²) in [5, 5.41) is 5.55. The molecule has 1 aromatic carbocycles. The zero-order valence-electron chi connectivity index (χ0n) is 11.4. The number of sulfonamides is 1. The van der Waals surface area contributed by atoms with Crippen molar-refractivity contribution in [1.82, 2.24) is 4.98 Å². The van der Waals surface area contributed by atoms with E-state index < -0.39 is 21.7 Å². The first-order chi connectivity index (χ1) is 10.3. The zero-order chi connectivity index (χ0) is 15.9. The minimum absolute atomic E-state index is 0.0345. The van der Waals surface area contributed by atoms with Gasteiger partial charge in [-0.2, -0.15) is 0 Å². The highest BCUT2D eigenvalue weighted by molar-refractivity contribution is 7.91. The lowest BCUT2D eigenvalue weighted by molar-refractivity contribution is 0.568. The monoisotopic (exact) mass is 345 g/mol. The molecule has 0 atom stereocenters. The SMILES string of the molecule is NS(=O)(=O)c1cnc(N(Cc2ccc(F)cc2F)C2CC2)s1. The first kappa shape index (κ1) is 15.3. The van der Waals surface area contributed by atoms with Gasteiger partial charge in [0.25, 0.3) is 0 Å². The van der Waals surface area contributed by atoms with Crippen molar-refractivity contribution < 1.29 is 17.2 Å². The molecule has 3 rings (SSSR count). The first-order valence-electron chi connectivity index (χ1n) is 6.54. The molecule has 0 saturated heterocycles. The maximum atomic E-state index is 13.8. The van der Waals surface area contributed by atoms with E-state index in [0.29, 0.717) is 10.7 Å². The van der Waals surface area contributed by atoms with Gasteiger partial charge < -0.3 is 4.90 Å². The summed E-state index contributed by atoms with van der Waals surface area (Å²) in [6.45, 7) is 0.203. The lowest BCUT2D eigenvalue weighted by Gasteiger charge is -2.21. The predicted molar refractivity (Wildman–Crippen MR) is 79.1 cm³/mol. The molecule has 1 aliphatic rings. The van der Waals surface area contributed by atoms with Crippen LogP contribution in [0.15, 0.2) is 28.6 Å². The van der Waals surface area contributed by atoms with Gasteiger partial charge in [-0.3, -0.25) is 0 Å². The number of halogens is 2. The Morgan fingerprint density at radius 3 is 2.64 bits per heavy atom. The van der Waals surface area contributed by atoms with Crippen LogP contribution >= 0.6 is 11.3 Å². The third kappa shape index (κ3) is 3.26. The quantitative estimate of drug-likeness (QED) is 0.902. The van der Waals surface area contributed by atoms with Gasteiger partial charge in [0.05, 0.1) is 6.20 Å². The van der Waals surface area contributed by atoms with Gasteiger partial charge in [-0.1, -0.05) is 17.4 Å². The smallest absolute Gasteiger partial charge is 0.249 e. The van der Waals surface area contributed by atoms with Crippen LogP contribution in [0.25, 0.3) is 0 Å². The molecule has 1 aromatic heterocycles. The minimum Gasteiger partial charge on any atom is -0.341 e. The number of aromatic nitrogens is 1. The van der Waals surface area contributed by atoms with Crippen LogP contribution in [0, 0.1) is 11.6 Å². The van der Waals surface area contributed by atoms with Gasteiger partial charge in [-0.15, -0.1) is 0 Å². The Kier molecular flexibility index (Phi) is 3.87. The average molecular weight is 345 g/mol. The summed E-state index contributed by atoms with van der Waals surface area (Å²) < 4.78 is 49.4. The van der Waals surface area contributed by atoms with Gasteiger partial charge in [0.2, 0.25) is 10.0 Å². The number of rotatable bonds is 5. The van der Waals surface area contributed by atoms with Crippen molar-refractivity contribution in [2.24, 2.45) is 5.14 Å². The van der Waals surface area contributed by atoms with Crippen LogP contribution in [0.4, 0.5) is 13.9 Å². The normalized spacial score (nSPS) is 15.0. The van der Waals surface area contributed by atoms with Crippen LogP contribution in [-0.4, -0.2) is 19.4 Å². The van der Waals surface area contributed by atoms with Crippen molar-refractivity contribution in [2.75, 3.05) is 4.90 Å². The lowest BCUT2D eigenvalue weighted by atomic mass is 10.2. The number of benzene rings is 1. The molecule has 9 heteroatoms. The Balaban J connectivity index is 1.89. The molecule has 2 aromatic rings. The fourth-order valence-corrected chi connectivity index (χ4v) is 3.70. The molecule has 0 spiro atoms. The molecule has 0 aliphatic heterocycles. The van der Waals surface area contributed by atoms with Gasteiger partial charge in [0.1, 0.15) is 11.6 Å². The number of thiazole rings is 1. The zero-order valence-corrected chi connectivity index (χ0v) is 13.0. The molecule has 118 valence electrons. The van der Waals surface area contributed by atoms with E-state index in [9.17, 15) is 17.2 Å². The fourth-order valence-electron chi connectivity index (χ4n) is 2.09. The first-order valence-corrected chi connectivity index (χ1v) is 8.90. The van der Waals surface area contributed by atoms with Gasteiger partial charge >= 0.3 is 0 Å². The van der Waals surface area contributed by atoms with Gasteiger partial charge in [0, 0.05) is 24.2 Å². The van der Waals surface area contributed by atoms with E-state index in [2.05, 4.69) is 4.98 Å². The highest BCUT2D eigenvalue weighted by Gasteiger charge is 2.32. The van der Waals surface area contributed by atoms with Crippen LogP contribution in [0.3, 0.4) is 0 Å². The second kappa shape index (κ2) is 5.56. The molecular weight excluding hydrogens is 332 g/mol. The Morgan fingerprint density at radius 1 is 1.36 bits per heavy atom. The standard InChI is InChI=1S/C13H13F2N3O2S2/c14-9-2-1-8(11(15)5-9)7-18(10-3-4-10)13-17-6-12(21-13)22(16,19)20/h1-2,5-6,10H,3-4,7H2,(H2,16,19,20).